The summed E-state index contributed by atoms with van der Waals surface area (Å²) in [5.74, 6) is 0.708. The van der Waals surface area contributed by atoms with Crippen molar-refractivity contribution in [3.05, 3.63) is 101 Å². The lowest BCUT2D eigenvalue weighted by Gasteiger charge is -2.11. The second-order valence-electron chi connectivity index (χ2n) is 8.09. The van der Waals surface area contributed by atoms with E-state index in [2.05, 4.69) is 10.6 Å². The summed E-state index contributed by atoms with van der Waals surface area (Å²) in [6, 6.07) is 25.2. The zero-order valence-corrected chi connectivity index (χ0v) is 18.8. The maximum atomic E-state index is 12.7. The van der Waals surface area contributed by atoms with Gasteiger partial charge in [0.25, 0.3) is 5.91 Å². The molecular formula is C27H28N4O2. The Hall–Kier alpha value is -3.93. The molecule has 2 amide bonds. The van der Waals surface area contributed by atoms with E-state index in [0.717, 1.165) is 34.4 Å². The number of carbonyl (C=O) groups is 2. The Morgan fingerprint density at radius 3 is 2.52 bits per heavy atom. The Kier molecular flexibility index (Phi) is 7.15. The fourth-order valence-electron chi connectivity index (χ4n) is 3.83. The summed E-state index contributed by atoms with van der Waals surface area (Å²) in [6.45, 7) is 3.21. The third-order valence-corrected chi connectivity index (χ3v) is 5.51. The van der Waals surface area contributed by atoms with E-state index in [1.165, 1.54) is 0 Å². The van der Waals surface area contributed by atoms with Crippen LogP contribution in [0.1, 0.15) is 33.7 Å². The van der Waals surface area contributed by atoms with Gasteiger partial charge in [0.05, 0.1) is 11.0 Å². The lowest BCUT2D eigenvalue weighted by molar-refractivity contribution is -0.121. The summed E-state index contributed by atoms with van der Waals surface area (Å²) in [4.78, 5) is 29.8. The van der Waals surface area contributed by atoms with Gasteiger partial charge in [-0.1, -0.05) is 60.2 Å². The number of hydrogen-bond acceptors (Lipinski definition) is 3. The van der Waals surface area contributed by atoms with Crippen molar-refractivity contribution in [3.8, 4) is 0 Å². The Morgan fingerprint density at radius 2 is 1.70 bits per heavy atom. The number of benzene rings is 3. The highest BCUT2D eigenvalue weighted by molar-refractivity contribution is 5.94. The molecule has 0 atom stereocenters. The normalized spacial score (nSPS) is 10.8. The van der Waals surface area contributed by atoms with Gasteiger partial charge < -0.3 is 15.2 Å². The molecule has 0 aliphatic carbocycles. The molecule has 0 unspecified atom stereocenters. The minimum atomic E-state index is -0.0764. The fourth-order valence-corrected chi connectivity index (χ4v) is 3.83. The molecule has 0 aliphatic heterocycles. The topological polar surface area (TPSA) is 76.0 Å². The molecule has 6 nitrogen and oxygen atoms in total. The SMILES string of the molecule is Cc1cccc(C(=O)NCCCc2nc3ccccc3n2CC(=O)NCc2ccccc2)c1. The van der Waals surface area contributed by atoms with Gasteiger partial charge in [0.2, 0.25) is 5.91 Å². The summed E-state index contributed by atoms with van der Waals surface area (Å²) in [7, 11) is 0. The molecule has 1 heterocycles. The quantitative estimate of drug-likeness (QED) is 0.386. The number of aryl methyl sites for hydroxylation is 2. The summed E-state index contributed by atoms with van der Waals surface area (Å²) in [5.41, 5.74) is 4.59. The third kappa shape index (κ3) is 5.86. The van der Waals surface area contributed by atoms with Crippen molar-refractivity contribution in [2.45, 2.75) is 32.9 Å². The van der Waals surface area contributed by atoms with Gasteiger partial charge in [0.1, 0.15) is 12.4 Å². The Balaban J connectivity index is 1.37. The number of aromatic nitrogens is 2. The van der Waals surface area contributed by atoms with Gasteiger partial charge in [-0.2, -0.15) is 0 Å². The highest BCUT2D eigenvalue weighted by Crippen LogP contribution is 2.17. The average molecular weight is 441 g/mol. The van der Waals surface area contributed by atoms with Crippen LogP contribution in [0.25, 0.3) is 11.0 Å². The number of nitrogens with zero attached hydrogens (tertiary/aromatic N) is 2. The van der Waals surface area contributed by atoms with E-state index in [9.17, 15) is 9.59 Å². The number of rotatable bonds is 9. The molecule has 168 valence electrons. The fraction of sp³-hybridized carbons (Fsp3) is 0.222. The molecule has 3 aromatic carbocycles. The van der Waals surface area contributed by atoms with Gasteiger partial charge in [-0.3, -0.25) is 9.59 Å². The number of amides is 2. The first-order chi connectivity index (χ1) is 16.1. The molecule has 33 heavy (non-hydrogen) atoms. The van der Waals surface area contributed by atoms with Crippen molar-refractivity contribution in [1.29, 1.82) is 0 Å². The van der Waals surface area contributed by atoms with Gasteiger partial charge in [0.15, 0.2) is 0 Å². The zero-order chi connectivity index (χ0) is 23.0. The van der Waals surface area contributed by atoms with Crippen molar-refractivity contribution < 1.29 is 9.59 Å². The van der Waals surface area contributed by atoms with Crippen LogP contribution in [0.4, 0.5) is 0 Å². The van der Waals surface area contributed by atoms with E-state index in [-0.39, 0.29) is 18.4 Å². The predicted molar refractivity (Wildman–Crippen MR) is 130 cm³/mol. The first-order valence-electron chi connectivity index (χ1n) is 11.2. The zero-order valence-electron chi connectivity index (χ0n) is 18.8. The maximum Gasteiger partial charge on any atom is 0.251 e. The van der Waals surface area contributed by atoms with Crippen LogP contribution in [-0.2, 0) is 24.3 Å². The van der Waals surface area contributed by atoms with Crippen molar-refractivity contribution in [3.63, 3.8) is 0 Å². The minimum absolute atomic E-state index is 0.0593. The van der Waals surface area contributed by atoms with Gasteiger partial charge in [-0.05, 0) is 43.2 Å². The molecule has 4 aromatic rings. The molecule has 0 saturated carbocycles. The number of imidazole rings is 1. The second kappa shape index (κ2) is 10.6. The summed E-state index contributed by atoms with van der Waals surface area (Å²) in [5, 5.41) is 5.96. The molecule has 1 aromatic heterocycles. The standard InChI is InChI=1S/C27H28N4O2/c1-20-9-7-12-22(17-20)27(33)28-16-8-15-25-30-23-13-5-6-14-24(23)31(25)19-26(32)29-18-21-10-3-2-4-11-21/h2-7,9-14,17H,8,15-16,18-19H2,1H3,(H,28,33)(H,29,32). The van der Waals surface area contributed by atoms with Crippen LogP contribution < -0.4 is 10.6 Å². The van der Waals surface area contributed by atoms with Gasteiger partial charge in [-0.15, -0.1) is 0 Å². The van der Waals surface area contributed by atoms with Gasteiger partial charge >= 0.3 is 0 Å². The van der Waals surface area contributed by atoms with Crippen LogP contribution in [0.15, 0.2) is 78.9 Å². The first-order valence-corrected chi connectivity index (χ1v) is 11.2. The molecule has 0 bridgehead atoms. The third-order valence-electron chi connectivity index (χ3n) is 5.51. The lowest BCUT2D eigenvalue weighted by atomic mass is 10.1. The van der Waals surface area contributed by atoms with Crippen molar-refractivity contribution >= 4 is 22.8 Å². The van der Waals surface area contributed by atoms with Crippen LogP contribution >= 0.6 is 0 Å². The number of hydrogen-bond donors (Lipinski definition) is 2. The molecule has 6 heteroatoms. The Labute approximate surface area is 193 Å². The van der Waals surface area contributed by atoms with Crippen molar-refractivity contribution in [1.82, 2.24) is 20.2 Å². The summed E-state index contributed by atoms with van der Waals surface area (Å²) >= 11 is 0. The largest absolute Gasteiger partial charge is 0.352 e. The van der Waals surface area contributed by atoms with Gasteiger partial charge in [-0.25, -0.2) is 4.98 Å². The van der Waals surface area contributed by atoms with E-state index in [1.807, 2.05) is 90.4 Å². The Bertz CT molecular complexity index is 1250. The first kappa shape index (κ1) is 22.3. The van der Waals surface area contributed by atoms with E-state index in [1.54, 1.807) is 0 Å². The lowest BCUT2D eigenvalue weighted by Crippen LogP contribution is -2.28. The average Bonchev–Trinajstić information content (AvgIpc) is 3.18. The molecule has 0 saturated heterocycles. The molecule has 0 fully saturated rings. The van der Waals surface area contributed by atoms with E-state index in [0.29, 0.717) is 25.1 Å². The minimum Gasteiger partial charge on any atom is -0.352 e. The van der Waals surface area contributed by atoms with Crippen LogP contribution in [0.5, 0.6) is 0 Å². The molecule has 0 aliphatic rings. The number of para-hydroxylation sites is 2. The van der Waals surface area contributed by atoms with E-state index >= 15 is 0 Å². The molecule has 0 radical (unpaired) electrons. The van der Waals surface area contributed by atoms with Crippen molar-refractivity contribution in [2.24, 2.45) is 0 Å². The molecule has 2 N–H and O–H groups in total. The Morgan fingerprint density at radius 1 is 0.909 bits per heavy atom. The second-order valence-corrected chi connectivity index (χ2v) is 8.09. The van der Waals surface area contributed by atoms with Crippen LogP contribution in [0.3, 0.4) is 0 Å². The highest BCUT2D eigenvalue weighted by atomic mass is 16.2. The monoisotopic (exact) mass is 440 g/mol. The van der Waals surface area contributed by atoms with E-state index < -0.39 is 0 Å². The molecule has 0 spiro atoms. The van der Waals surface area contributed by atoms with Crippen LogP contribution in [0.2, 0.25) is 0 Å². The van der Waals surface area contributed by atoms with E-state index in [4.69, 9.17) is 4.98 Å². The molecular weight excluding hydrogens is 412 g/mol. The number of nitrogens with one attached hydrogen (secondary N) is 2. The van der Waals surface area contributed by atoms with Crippen molar-refractivity contribution in [2.75, 3.05) is 6.54 Å². The number of carbonyl (C=O) groups excluding carboxylic acids is 2. The smallest absolute Gasteiger partial charge is 0.251 e. The van der Waals surface area contributed by atoms with Crippen LogP contribution in [-0.4, -0.2) is 27.9 Å². The molecule has 4 rings (SSSR count). The maximum absolute atomic E-state index is 12.7. The summed E-state index contributed by atoms with van der Waals surface area (Å²) < 4.78 is 1.97. The number of fused-ring (bicyclic) bond motifs is 1. The predicted octanol–water partition coefficient (Wildman–Crippen LogP) is 4.02. The summed E-state index contributed by atoms with van der Waals surface area (Å²) in [6.07, 6.45) is 1.39. The van der Waals surface area contributed by atoms with Gasteiger partial charge in [0, 0.05) is 25.1 Å². The van der Waals surface area contributed by atoms with Crippen LogP contribution in [0, 0.1) is 6.92 Å². The highest BCUT2D eigenvalue weighted by Gasteiger charge is 2.14.